The third kappa shape index (κ3) is 4.54. The lowest BCUT2D eigenvalue weighted by molar-refractivity contribution is -0.0170. The second kappa shape index (κ2) is 6.68. The van der Waals surface area contributed by atoms with E-state index in [0.717, 1.165) is 13.1 Å². The molecule has 0 amide bonds. The van der Waals surface area contributed by atoms with E-state index < -0.39 is 10.0 Å². The summed E-state index contributed by atoms with van der Waals surface area (Å²) in [4.78, 5) is 0. The molecule has 1 aliphatic heterocycles. The Kier molecular flexibility index (Phi) is 5.85. The molecule has 1 aliphatic rings. The number of hydrogen-bond donors (Lipinski definition) is 1. The van der Waals surface area contributed by atoms with E-state index in [9.17, 15) is 8.42 Å². The standard InChI is InChI=1S/C11H24N2O3S/c1-4-12-6-5-7-17(14,15)13-8-11(3)16-9-10(13)2/h10-12H,4-9H2,1-3H3. The van der Waals surface area contributed by atoms with Crippen LogP contribution in [0.2, 0.25) is 0 Å². The molecule has 0 aromatic heterocycles. The monoisotopic (exact) mass is 264 g/mol. The fourth-order valence-corrected chi connectivity index (χ4v) is 3.72. The van der Waals surface area contributed by atoms with E-state index in [2.05, 4.69) is 5.32 Å². The van der Waals surface area contributed by atoms with Gasteiger partial charge in [-0.3, -0.25) is 0 Å². The predicted molar refractivity (Wildman–Crippen MR) is 68.5 cm³/mol. The molecule has 5 nitrogen and oxygen atoms in total. The lowest BCUT2D eigenvalue weighted by Crippen LogP contribution is -2.50. The highest BCUT2D eigenvalue weighted by molar-refractivity contribution is 7.89. The fourth-order valence-electron chi connectivity index (χ4n) is 1.93. The summed E-state index contributed by atoms with van der Waals surface area (Å²) in [6, 6.07) is -0.0460. The molecule has 1 N–H and O–H groups in total. The Morgan fingerprint density at radius 3 is 2.76 bits per heavy atom. The van der Waals surface area contributed by atoms with Crippen molar-refractivity contribution < 1.29 is 13.2 Å². The number of ether oxygens (including phenoxy) is 1. The molecule has 0 spiro atoms. The Morgan fingerprint density at radius 1 is 1.41 bits per heavy atom. The lowest BCUT2D eigenvalue weighted by Gasteiger charge is -2.35. The van der Waals surface area contributed by atoms with Gasteiger partial charge < -0.3 is 10.1 Å². The lowest BCUT2D eigenvalue weighted by atomic mass is 10.2. The molecule has 0 saturated carbocycles. The van der Waals surface area contributed by atoms with E-state index in [-0.39, 0.29) is 17.9 Å². The fraction of sp³-hybridized carbons (Fsp3) is 1.00. The van der Waals surface area contributed by atoms with Gasteiger partial charge >= 0.3 is 0 Å². The molecule has 0 radical (unpaired) electrons. The van der Waals surface area contributed by atoms with Crippen LogP contribution in [0.3, 0.4) is 0 Å². The van der Waals surface area contributed by atoms with Crippen molar-refractivity contribution in [1.29, 1.82) is 0 Å². The minimum absolute atomic E-state index is 0.00487. The Hall–Kier alpha value is -0.170. The number of nitrogens with zero attached hydrogens (tertiary/aromatic N) is 1. The maximum absolute atomic E-state index is 12.1. The van der Waals surface area contributed by atoms with E-state index in [0.29, 0.717) is 19.6 Å². The van der Waals surface area contributed by atoms with Gasteiger partial charge in [0.05, 0.1) is 18.5 Å². The maximum Gasteiger partial charge on any atom is 0.214 e. The number of morpholine rings is 1. The van der Waals surface area contributed by atoms with Crippen molar-refractivity contribution in [3.63, 3.8) is 0 Å². The Balaban J connectivity index is 2.50. The molecule has 2 unspecified atom stereocenters. The number of sulfonamides is 1. The van der Waals surface area contributed by atoms with Crippen LogP contribution in [0, 0.1) is 0 Å². The zero-order valence-electron chi connectivity index (χ0n) is 11.0. The van der Waals surface area contributed by atoms with Crippen molar-refractivity contribution in [1.82, 2.24) is 9.62 Å². The van der Waals surface area contributed by atoms with Crippen LogP contribution in [0.15, 0.2) is 0 Å². The van der Waals surface area contributed by atoms with Gasteiger partial charge in [-0.1, -0.05) is 6.92 Å². The molecule has 17 heavy (non-hydrogen) atoms. The molecule has 2 atom stereocenters. The predicted octanol–water partition coefficient (Wildman–Crippen LogP) is 0.425. The highest BCUT2D eigenvalue weighted by Gasteiger charge is 2.32. The van der Waals surface area contributed by atoms with Crippen LogP contribution in [0.5, 0.6) is 0 Å². The maximum atomic E-state index is 12.1. The molecule has 0 aromatic rings. The summed E-state index contributed by atoms with van der Waals surface area (Å²) in [5.74, 6) is 0.219. The van der Waals surface area contributed by atoms with Crippen LogP contribution >= 0.6 is 0 Å². The first-order valence-corrected chi connectivity index (χ1v) is 7.90. The molecule has 0 bridgehead atoms. The van der Waals surface area contributed by atoms with Crippen molar-refractivity contribution >= 4 is 10.0 Å². The van der Waals surface area contributed by atoms with Gasteiger partial charge in [0, 0.05) is 12.6 Å². The normalized spacial score (nSPS) is 27.2. The number of rotatable bonds is 6. The van der Waals surface area contributed by atoms with Crippen molar-refractivity contribution in [2.24, 2.45) is 0 Å². The Morgan fingerprint density at radius 2 is 2.12 bits per heavy atom. The van der Waals surface area contributed by atoms with Gasteiger partial charge in [-0.2, -0.15) is 4.31 Å². The molecule has 0 aromatic carbocycles. The third-order valence-electron chi connectivity index (χ3n) is 2.91. The molecule has 1 heterocycles. The van der Waals surface area contributed by atoms with Gasteiger partial charge in [-0.25, -0.2) is 8.42 Å². The van der Waals surface area contributed by atoms with Crippen molar-refractivity contribution in [3.8, 4) is 0 Å². The van der Waals surface area contributed by atoms with E-state index in [1.807, 2.05) is 20.8 Å². The van der Waals surface area contributed by atoms with Gasteiger partial charge in [-0.05, 0) is 33.4 Å². The quantitative estimate of drug-likeness (QED) is 0.707. The first kappa shape index (κ1) is 14.9. The van der Waals surface area contributed by atoms with Gasteiger partial charge in [0.25, 0.3) is 0 Å². The summed E-state index contributed by atoms with van der Waals surface area (Å²) in [6.07, 6.45) is 0.656. The Bertz CT molecular complexity index is 319. The molecular formula is C11H24N2O3S. The summed E-state index contributed by atoms with van der Waals surface area (Å²) in [7, 11) is -3.13. The van der Waals surface area contributed by atoms with Gasteiger partial charge in [0.1, 0.15) is 0 Å². The summed E-state index contributed by atoms with van der Waals surface area (Å²) < 4.78 is 31.3. The molecule has 0 aliphatic carbocycles. The summed E-state index contributed by atoms with van der Waals surface area (Å²) in [6.45, 7) is 8.42. The highest BCUT2D eigenvalue weighted by atomic mass is 32.2. The second-order valence-corrected chi connectivity index (χ2v) is 6.63. The smallest absolute Gasteiger partial charge is 0.214 e. The molecule has 1 fully saturated rings. The second-order valence-electron chi connectivity index (χ2n) is 4.59. The van der Waals surface area contributed by atoms with Crippen molar-refractivity contribution in [2.75, 3.05) is 32.0 Å². The third-order valence-corrected chi connectivity index (χ3v) is 4.94. The van der Waals surface area contributed by atoms with E-state index >= 15 is 0 Å². The minimum atomic E-state index is -3.13. The van der Waals surface area contributed by atoms with E-state index in [1.165, 1.54) is 0 Å². The molecule has 1 rings (SSSR count). The zero-order valence-corrected chi connectivity index (χ0v) is 11.8. The SMILES string of the molecule is CCNCCCS(=O)(=O)N1CC(C)OCC1C. The average molecular weight is 264 g/mol. The summed E-state index contributed by atoms with van der Waals surface area (Å²) in [5.41, 5.74) is 0. The van der Waals surface area contributed by atoms with Crippen molar-refractivity contribution in [2.45, 2.75) is 39.3 Å². The first-order valence-electron chi connectivity index (χ1n) is 6.29. The largest absolute Gasteiger partial charge is 0.375 e. The first-order chi connectivity index (χ1) is 7.97. The van der Waals surface area contributed by atoms with E-state index in [1.54, 1.807) is 4.31 Å². The number of hydrogen-bond acceptors (Lipinski definition) is 4. The van der Waals surface area contributed by atoms with Crippen LogP contribution in [0.25, 0.3) is 0 Å². The summed E-state index contributed by atoms with van der Waals surface area (Å²) >= 11 is 0. The van der Waals surface area contributed by atoms with Crippen LogP contribution in [0.1, 0.15) is 27.2 Å². The van der Waals surface area contributed by atoms with Crippen LogP contribution in [-0.4, -0.2) is 56.9 Å². The molecule has 102 valence electrons. The van der Waals surface area contributed by atoms with Crippen molar-refractivity contribution in [3.05, 3.63) is 0 Å². The van der Waals surface area contributed by atoms with Gasteiger partial charge in [0.2, 0.25) is 10.0 Å². The molecule has 6 heteroatoms. The van der Waals surface area contributed by atoms with E-state index in [4.69, 9.17) is 4.74 Å². The van der Waals surface area contributed by atoms with Gasteiger partial charge in [0.15, 0.2) is 0 Å². The molecule has 1 saturated heterocycles. The highest BCUT2D eigenvalue weighted by Crippen LogP contribution is 2.16. The van der Waals surface area contributed by atoms with Crippen LogP contribution in [-0.2, 0) is 14.8 Å². The topological polar surface area (TPSA) is 58.6 Å². The van der Waals surface area contributed by atoms with Crippen LogP contribution in [0.4, 0.5) is 0 Å². The summed E-state index contributed by atoms with van der Waals surface area (Å²) in [5, 5.41) is 3.14. The number of nitrogens with one attached hydrogen (secondary N) is 1. The van der Waals surface area contributed by atoms with Gasteiger partial charge in [-0.15, -0.1) is 0 Å². The Labute approximate surface area is 105 Å². The minimum Gasteiger partial charge on any atom is -0.375 e. The van der Waals surface area contributed by atoms with Crippen LogP contribution < -0.4 is 5.32 Å². The zero-order chi connectivity index (χ0) is 12.9. The average Bonchev–Trinajstić information content (AvgIpc) is 2.28. The molecular weight excluding hydrogens is 240 g/mol.